The number of benzene rings is 2. The first-order valence-electron chi connectivity index (χ1n) is 10.7. The maximum Gasteiger partial charge on any atom is 0.415 e. The van der Waals surface area contributed by atoms with Crippen LogP contribution in [0.2, 0.25) is 0 Å². The number of nitrogens with one attached hydrogen (secondary N) is 1. The van der Waals surface area contributed by atoms with Gasteiger partial charge in [-0.1, -0.05) is 19.1 Å². The first-order valence-corrected chi connectivity index (χ1v) is 10.7. The number of ketones is 1. The van der Waals surface area contributed by atoms with Gasteiger partial charge >= 0.3 is 12.1 Å². The molecule has 170 valence electrons. The highest BCUT2D eigenvalue weighted by atomic mass is 16.6. The molecular formula is C25H25N3O5. The van der Waals surface area contributed by atoms with Gasteiger partial charge in [-0.25, -0.2) is 4.79 Å². The van der Waals surface area contributed by atoms with Crippen LogP contribution in [0.25, 0.3) is 10.9 Å². The lowest BCUT2D eigenvalue weighted by Gasteiger charge is -2.19. The highest BCUT2D eigenvalue weighted by molar-refractivity contribution is 6.09. The molecule has 0 bridgehead atoms. The van der Waals surface area contributed by atoms with Crippen LogP contribution in [0.1, 0.15) is 46.9 Å². The van der Waals surface area contributed by atoms with Crippen LogP contribution in [0.3, 0.4) is 0 Å². The number of hydrogen-bond donors (Lipinski definition) is 2. The molecule has 0 aliphatic heterocycles. The molecule has 0 unspecified atom stereocenters. The second-order valence-corrected chi connectivity index (χ2v) is 7.75. The summed E-state index contributed by atoms with van der Waals surface area (Å²) in [6.07, 6.45) is 0.662. The Balaban J connectivity index is 1.78. The fraction of sp³-hybridized carbons (Fsp3) is 0.280. The zero-order chi connectivity index (χ0) is 24.0. The average Bonchev–Trinajstić information content (AvgIpc) is 3.12. The number of nitrogens with zero attached hydrogens (tertiary/aromatic N) is 2. The van der Waals surface area contributed by atoms with Gasteiger partial charge in [0.1, 0.15) is 12.3 Å². The van der Waals surface area contributed by atoms with Gasteiger partial charge < -0.3 is 14.8 Å². The molecule has 0 radical (unpaired) electrons. The second kappa shape index (κ2) is 10.5. The number of hydrogen-bond acceptors (Lipinski definition) is 5. The van der Waals surface area contributed by atoms with Gasteiger partial charge in [-0.3, -0.25) is 14.5 Å². The molecule has 2 aromatic carbocycles. The predicted octanol–water partition coefficient (Wildman–Crippen LogP) is 4.46. The van der Waals surface area contributed by atoms with Crippen molar-refractivity contribution in [2.75, 3.05) is 13.1 Å². The zero-order valence-electron chi connectivity index (χ0n) is 18.6. The number of carbonyl (C=O) groups excluding carboxylic acids is 2. The highest BCUT2D eigenvalue weighted by Crippen LogP contribution is 2.28. The van der Waals surface area contributed by atoms with Gasteiger partial charge in [0, 0.05) is 35.1 Å². The van der Waals surface area contributed by atoms with E-state index in [0.717, 1.165) is 21.7 Å². The van der Waals surface area contributed by atoms with Crippen LogP contribution in [0.5, 0.6) is 5.75 Å². The van der Waals surface area contributed by atoms with E-state index in [1.807, 2.05) is 26.0 Å². The lowest BCUT2D eigenvalue weighted by molar-refractivity contribution is -0.137. The summed E-state index contributed by atoms with van der Waals surface area (Å²) in [5, 5.41) is 18.6. The van der Waals surface area contributed by atoms with E-state index in [0.29, 0.717) is 29.4 Å². The number of ether oxygens (including phenoxy) is 1. The Morgan fingerprint density at radius 2 is 1.88 bits per heavy atom. The molecule has 2 N–H and O–H groups in total. The number of H-pyrrole nitrogens is 1. The summed E-state index contributed by atoms with van der Waals surface area (Å²) >= 11 is 0. The number of aryl methyl sites for hydroxylation is 2. The summed E-state index contributed by atoms with van der Waals surface area (Å²) in [7, 11) is 0. The number of aliphatic carboxylic acids is 1. The van der Waals surface area contributed by atoms with Crippen molar-refractivity contribution in [1.82, 2.24) is 9.88 Å². The van der Waals surface area contributed by atoms with Crippen LogP contribution in [0, 0.1) is 18.3 Å². The number of carboxylic acids is 1. The molecule has 0 aliphatic carbocycles. The van der Waals surface area contributed by atoms with Crippen LogP contribution in [0.15, 0.2) is 42.5 Å². The summed E-state index contributed by atoms with van der Waals surface area (Å²) in [6.45, 7) is 3.47. The van der Waals surface area contributed by atoms with Crippen molar-refractivity contribution in [3.8, 4) is 11.8 Å². The van der Waals surface area contributed by atoms with E-state index in [4.69, 9.17) is 15.1 Å². The van der Waals surface area contributed by atoms with Gasteiger partial charge in [-0.15, -0.1) is 0 Å². The summed E-state index contributed by atoms with van der Waals surface area (Å²) in [5.41, 5.74) is 3.53. The first kappa shape index (κ1) is 23.5. The van der Waals surface area contributed by atoms with E-state index in [1.54, 1.807) is 30.3 Å². The van der Waals surface area contributed by atoms with Crippen LogP contribution < -0.4 is 4.74 Å². The zero-order valence-corrected chi connectivity index (χ0v) is 18.6. The van der Waals surface area contributed by atoms with Crippen molar-refractivity contribution >= 4 is 28.7 Å². The molecule has 3 aromatic rings. The summed E-state index contributed by atoms with van der Waals surface area (Å²) < 4.78 is 5.41. The van der Waals surface area contributed by atoms with Crippen LogP contribution in [-0.2, 0) is 11.2 Å². The minimum absolute atomic E-state index is 0.0509. The van der Waals surface area contributed by atoms with E-state index in [-0.39, 0.29) is 24.5 Å². The Labute approximate surface area is 191 Å². The number of nitriles is 1. The normalized spacial score (nSPS) is 10.6. The maximum absolute atomic E-state index is 13.0. The van der Waals surface area contributed by atoms with E-state index >= 15 is 0 Å². The van der Waals surface area contributed by atoms with Crippen LogP contribution in [0.4, 0.5) is 4.79 Å². The standard InChI is InChI=1S/C25H25N3O5/c1-3-12-28(15-23(30)31)25(32)33-19-9-10-21-20(13-19)24(16(2)27-21)22(29)11-8-17-4-6-18(14-26)7-5-17/h4-7,9-10,13,27H,3,8,11-12,15H2,1-2H3,(H,30,31). The van der Waals surface area contributed by atoms with Crippen molar-refractivity contribution in [3.63, 3.8) is 0 Å². The van der Waals surface area contributed by atoms with E-state index in [2.05, 4.69) is 11.1 Å². The van der Waals surface area contributed by atoms with Crippen LogP contribution in [-0.4, -0.2) is 45.9 Å². The number of fused-ring (bicyclic) bond motifs is 1. The maximum atomic E-state index is 13.0. The van der Waals surface area contributed by atoms with Gasteiger partial charge in [0.05, 0.1) is 11.6 Å². The van der Waals surface area contributed by atoms with Gasteiger partial charge in [0.25, 0.3) is 0 Å². The third-order valence-electron chi connectivity index (χ3n) is 5.24. The number of amides is 1. The molecule has 0 fully saturated rings. The minimum Gasteiger partial charge on any atom is -0.480 e. The van der Waals surface area contributed by atoms with Crippen LogP contribution >= 0.6 is 0 Å². The van der Waals surface area contributed by atoms with Gasteiger partial charge in [0.15, 0.2) is 5.78 Å². The largest absolute Gasteiger partial charge is 0.480 e. The molecule has 0 aliphatic rings. The number of aromatic nitrogens is 1. The smallest absolute Gasteiger partial charge is 0.415 e. The van der Waals surface area contributed by atoms with Crippen molar-refractivity contribution in [3.05, 3.63) is 64.8 Å². The Morgan fingerprint density at radius 1 is 1.15 bits per heavy atom. The third-order valence-corrected chi connectivity index (χ3v) is 5.24. The van der Waals surface area contributed by atoms with Gasteiger partial charge in [-0.2, -0.15) is 5.26 Å². The average molecular weight is 447 g/mol. The Bertz CT molecular complexity index is 1220. The molecule has 0 spiro atoms. The molecule has 1 aromatic heterocycles. The molecule has 3 rings (SSSR count). The molecule has 1 amide bonds. The molecular weight excluding hydrogens is 422 g/mol. The molecule has 1 heterocycles. The van der Waals surface area contributed by atoms with Gasteiger partial charge in [0.2, 0.25) is 0 Å². The Kier molecular flexibility index (Phi) is 7.46. The summed E-state index contributed by atoms with van der Waals surface area (Å²) in [5.74, 6) is -0.934. The number of carboxylic acid groups (broad SMARTS) is 1. The minimum atomic E-state index is -1.12. The topological polar surface area (TPSA) is 123 Å². The lowest BCUT2D eigenvalue weighted by Crippen LogP contribution is -2.38. The molecule has 8 nitrogen and oxygen atoms in total. The number of carbonyl (C=O) groups is 3. The number of Topliss-reactive ketones (excluding diaryl/α,β-unsaturated/α-hetero) is 1. The molecule has 8 heteroatoms. The molecule has 0 saturated carbocycles. The van der Waals surface area contributed by atoms with E-state index in [1.165, 1.54) is 0 Å². The Morgan fingerprint density at radius 3 is 2.52 bits per heavy atom. The second-order valence-electron chi connectivity index (χ2n) is 7.75. The summed E-state index contributed by atoms with van der Waals surface area (Å²) in [6, 6.07) is 14.1. The van der Waals surface area contributed by atoms with Crippen molar-refractivity contribution in [1.29, 1.82) is 5.26 Å². The van der Waals surface area contributed by atoms with E-state index in [9.17, 15) is 14.4 Å². The van der Waals surface area contributed by atoms with Crippen molar-refractivity contribution < 1.29 is 24.2 Å². The van der Waals surface area contributed by atoms with E-state index < -0.39 is 18.6 Å². The predicted molar refractivity (Wildman–Crippen MR) is 122 cm³/mol. The fourth-order valence-corrected chi connectivity index (χ4v) is 3.69. The highest BCUT2D eigenvalue weighted by Gasteiger charge is 2.20. The third kappa shape index (κ3) is 5.77. The monoisotopic (exact) mass is 447 g/mol. The SMILES string of the molecule is CCCN(CC(=O)O)C(=O)Oc1ccc2[nH]c(C)c(C(=O)CCc3ccc(C#N)cc3)c2c1. The molecule has 0 atom stereocenters. The molecule has 0 saturated heterocycles. The Hall–Kier alpha value is -4.12. The summed E-state index contributed by atoms with van der Waals surface area (Å²) in [4.78, 5) is 40.8. The van der Waals surface area contributed by atoms with Crippen molar-refractivity contribution in [2.45, 2.75) is 33.1 Å². The quantitative estimate of drug-likeness (QED) is 0.467. The number of aromatic amines is 1. The van der Waals surface area contributed by atoms with Gasteiger partial charge in [-0.05, 0) is 55.7 Å². The fourth-order valence-electron chi connectivity index (χ4n) is 3.69. The van der Waals surface area contributed by atoms with Crippen molar-refractivity contribution in [2.24, 2.45) is 0 Å². The number of rotatable bonds is 9. The lowest BCUT2D eigenvalue weighted by atomic mass is 10.00. The first-order chi connectivity index (χ1) is 15.8. The molecule has 33 heavy (non-hydrogen) atoms.